The first-order valence-electron chi connectivity index (χ1n) is 2.27. The molecule has 0 aromatic rings. The van der Waals surface area contributed by atoms with Gasteiger partial charge >= 0.3 is 0 Å². The van der Waals surface area contributed by atoms with Crippen LogP contribution in [0.15, 0.2) is 11.5 Å². The summed E-state index contributed by atoms with van der Waals surface area (Å²) in [4.78, 5) is 10.4. The van der Waals surface area contributed by atoms with Crippen molar-refractivity contribution in [3.05, 3.63) is 11.5 Å². The van der Waals surface area contributed by atoms with Gasteiger partial charge in [0.2, 0.25) is 11.5 Å². The normalized spacial score (nSPS) is 19.4. The molecule has 8 heavy (non-hydrogen) atoms. The summed E-state index contributed by atoms with van der Waals surface area (Å²) in [6.45, 7) is 1.55. The Morgan fingerprint density at radius 2 is 2.38 bits per heavy atom. The fraction of sp³-hybridized carbons (Fsp3) is 0.400. The molecule has 0 bridgehead atoms. The van der Waals surface area contributed by atoms with Crippen LogP contribution in [-0.4, -0.2) is 17.5 Å². The number of allylic oxidation sites excluding steroid dienone is 1. The predicted octanol–water partition coefficient (Wildman–Crippen LogP) is 0.375. The fourth-order valence-corrected chi connectivity index (χ4v) is 0.507. The van der Waals surface area contributed by atoms with Crippen LogP contribution in [0.2, 0.25) is 0 Å². The average molecular weight is 114 g/mol. The van der Waals surface area contributed by atoms with E-state index in [1.807, 2.05) is 0 Å². The van der Waals surface area contributed by atoms with Crippen LogP contribution in [0.4, 0.5) is 0 Å². The monoisotopic (exact) mass is 114 g/mol. The number of ketones is 1. The Morgan fingerprint density at radius 3 is 2.50 bits per heavy atom. The van der Waals surface area contributed by atoms with Gasteiger partial charge in [-0.1, -0.05) is 0 Å². The smallest absolute Gasteiger partial charge is 0.237 e. The second kappa shape index (κ2) is 1.51. The number of rotatable bonds is 0. The predicted molar refractivity (Wildman–Crippen MR) is 26.3 cm³/mol. The van der Waals surface area contributed by atoms with Gasteiger partial charge in [-0.3, -0.25) is 4.79 Å². The number of Topliss-reactive ketones (excluding diaryl/α,β-unsaturated/α-hetero) is 1. The largest absolute Gasteiger partial charge is 0.502 e. The molecule has 1 heterocycles. The molecule has 0 unspecified atom stereocenters. The fourth-order valence-electron chi connectivity index (χ4n) is 0.507. The summed E-state index contributed by atoms with van der Waals surface area (Å²) < 4.78 is 4.66. The van der Waals surface area contributed by atoms with Crippen LogP contribution < -0.4 is 0 Å². The molecule has 0 aliphatic carbocycles. The van der Waals surface area contributed by atoms with Gasteiger partial charge in [0.25, 0.3) is 0 Å². The van der Waals surface area contributed by atoms with Gasteiger partial charge in [-0.05, 0) is 6.92 Å². The number of aliphatic hydroxyl groups is 1. The van der Waals surface area contributed by atoms with Crippen LogP contribution in [0.1, 0.15) is 6.92 Å². The SMILES string of the molecule is CC1=C(O)C(=O)CO1. The molecule has 1 aliphatic rings. The molecule has 0 aromatic heterocycles. The molecule has 0 spiro atoms. The first-order chi connectivity index (χ1) is 3.72. The summed E-state index contributed by atoms with van der Waals surface area (Å²) in [5.74, 6) is -0.234. The Morgan fingerprint density at radius 1 is 1.75 bits per heavy atom. The maximum atomic E-state index is 10.4. The van der Waals surface area contributed by atoms with Gasteiger partial charge in [0.15, 0.2) is 6.61 Å². The molecule has 3 nitrogen and oxygen atoms in total. The lowest BCUT2D eigenvalue weighted by Gasteiger charge is -1.88. The Kier molecular flexibility index (Phi) is 0.970. The van der Waals surface area contributed by atoms with Crippen molar-refractivity contribution in [3.63, 3.8) is 0 Å². The summed E-state index contributed by atoms with van der Waals surface area (Å²) in [6, 6.07) is 0. The van der Waals surface area contributed by atoms with Gasteiger partial charge in [0.05, 0.1) is 0 Å². The van der Waals surface area contributed by atoms with E-state index in [0.717, 1.165) is 0 Å². The first kappa shape index (κ1) is 5.15. The maximum Gasteiger partial charge on any atom is 0.237 e. The minimum absolute atomic E-state index is 0.00231. The molecule has 0 aromatic carbocycles. The van der Waals surface area contributed by atoms with E-state index >= 15 is 0 Å². The minimum Gasteiger partial charge on any atom is -0.502 e. The second-order valence-corrected chi connectivity index (χ2v) is 1.62. The third kappa shape index (κ3) is 0.559. The molecular formula is C5H6O3. The van der Waals surface area contributed by atoms with Crippen LogP contribution in [0.5, 0.6) is 0 Å². The molecule has 0 radical (unpaired) electrons. The van der Waals surface area contributed by atoms with Crippen LogP contribution in [0.25, 0.3) is 0 Å². The molecule has 1 rings (SSSR count). The quantitative estimate of drug-likeness (QED) is 0.495. The Balaban J connectivity index is 2.86. The van der Waals surface area contributed by atoms with Crippen LogP contribution in [0.3, 0.4) is 0 Å². The van der Waals surface area contributed by atoms with Gasteiger partial charge in [-0.25, -0.2) is 0 Å². The zero-order chi connectivity index (χ0) is 6.15. The molecule has 1 N–H and O–H groups in total. The third-order valence-corrected chi connectivity index (χ3v) is 1.02. The molecule has 0 saturated carbocycles. The van der Waals surface area contributed by atoms with Crippen molar-refractivity contribution < 1.29 is 14.6 Å². The number of hydrogen-bond donors (Lipinski definition) is 1. The summed E-state index contributed by atoms with van der Waals surface area (Å²) >= 11 is 0. The van der Waals surface area contributed by atoms with Crippen molar-refractivity contribution in [1.82, 2.24) is 0 Å². The number of ether oxygens (including phenoxy) is 1. The molecule has 44 valence electrons. The third-order valence-electron chi connectivity index (χ3n) is 1.02. The lowest BCUT2D eigenvalue weighted by Crippen LogP contribution is -1.99. The van der Waals surface area contributed by atoms with Crippen LogP contribution in [0, 0.1) is 0 Å². The maximum absolute atomic E-state index is 10.4. The van der Waals surface area contributed by atoms with Crippen molar-refractivity contribution in [2.75, 3.05) is 6.61 Å². The van der Waals surface area contributed by atoms with Crippen molar-refractivity contribution in [1.29, 1.82) is 0 Å². The number of aliphatic hydroxyl groups excluding tert-OH is 1. The lowest BCUT2D eigenvalue weighted by molar-refractivity contribution is -0.118. The topological polar surface area (TPSA) is 46.5 Å². The number of hydrogen-bond acceptors (Lipinski definition) is 3. The highest BCUT2D eigenvalue weighted by Gasteiger charge is 2.19. The lowest BCUT2D eigenvalue weighted by atomic mass is 10.3. The standard InChI is InChI=1S/C5H6O3/c1-3-5(7)4(6)2-8-3/h7H,2H2,1H3. The van der Waals surface area contributed by atoms with E-state index in [1.54, 1.807) is 6.92 Å². The van der Waals surface area contributed by atoms with E-state index in [9.17, 15) is 4.79 Å². The summed E-state index contributed by atoms with van der Waals surface area (Å²) in [5, 5.41) is 8.67. The highest BCUT2D eigenvalue weighted by molar-refractivity contribution is 5.96. The van der Waals surface area contributed by atoms with Crippen LogP contribution in [-0.2, 0) is 9.53 Å². The van der Waals surface area contributed by atoms with Gasteiger partial charge < -0.3 is 9.84 Å². The molecule has 1 aliphatic heterocycles. The average Bonchev–Trinajstić information content (AvgIpc) is 1.98. The highest BCUT2D eigenvalue weighted by Crippen LogP contribution is 2.10. The number of carbonyl (C=O) groups excluding carboxylic acids is 1. The molecular weight excluding hydrogens is 108 g/mol. The molecule has 0 atom stereocenters. The van der Waals surface area contributed by atoms with Crippen molar-refractivity contribution in [3.8, 4) is 0 Å². The van der Waals surface area contributed by atoms with E-state index in [-0.39, 0.29) is 18.1 Å². The van der Waals surface area contributed by atoms with E-state index in [1.165, 1.54) is 0 Å². The van der Waals surface area contributed by atoms with Gasteiger partial charge in [-0.15, -0.1) is 0 Å². The van der Waals surface area contributed by atoms with Gasteiger partial charge in [-0.2, -0.15) is 0 Å². The minimum atomic E-state index is -0.331. The van der Waals surface area contributed by atoms with E-state index in [0.29, 0.717) is 5.76 Å². The zero-order valence-corrected chi connectivity index (χ0v) is 4.47. The Hall–Kier alpha value is -0.990. The van der Waals surface area contributed by atoms with Crippen LogP contribution >= 0.6 is 0 Å². The van der Waals surface area contributed by atoms with E-state index < -0.39 is 0 Å². The molecule has 0 saturated heterocycles. The summed E-state index contributed by atoms with van der Waals surface area (Å²) in [6.07, 6.45) is 0. The van der Waals surface area contributed by atoms with E-state index in [4.69, 9.17) is 5.11 Å². The van der Waals surface area contributed by atoms with Gasteiger partial charge in [0, 0.05) is 0 Å². The summed E-state index contributed by atoms with van der Waals surface area (Å²) in [7, 11) is 0. The second-order valence-electron chi connectivity index (χ2n) is 1.62. The summed E-state index contributed by atoms with van der Waals surface area (Å²) in [5.41, 5.74) is 0. The van der Waals surface area contributed by atoms with Gasteiger partial charge in [0.1, 0.15) is 5.76 Å². The molecule has 3 heteroatoms. The number of carbonyl (C=O) groups is 1. The van der Waals surface area contributed by atoms with Crippen molar-refractivity contribution in [2.24, 2.45) is 0 Å². The molecule has 0 amide bonds. The molecule has 0 fully saturated rings. The Labute approximate surface area is 46.6 Å². The van der Waals surface area contributed by atoms with Crippen molar-refractivity contribution in [2.45, 2.75) is 6.92 Å². The van der Waals surface area contributed by atoms with Crippen molar-refractivity contribution >= 4 is 5.78 Å². The zero-order valence-electron chi connectivity index (χ0n) is 4.47. The Bertz CT molecular complexity index is 157. The first-order valence-corrected chi connectivity index (χ1v) is 2.27. The van der Waals surface area contributed by atoms with E-state index in [2.05, 4.69) is 4.74 Å². The highest BCUT2D eigenvalue weighted by atomic mass is 16.5.